The van der Waals surface area contributed by atoms with Crippen LogP contribution in [0.25, 0.3) is 22.0 Å². The first kappa shape index (κ1) is 17.4. The van der Waals surface area contributed by atoms with Gasteiger partial charge in [-0.3, -0.25) is 9.59 Å². The molecule has 0 saturated carbocycles. The molecular formula is C23H19N3O3. The zero-order valence-corrected chi connectivity index (χ0v) is 15.7. The molecule has 0 radical (unpaired) electrons. The Balaban J connectivity index is 1.46. The van der Waals surface area contributed by atoms with Crippen molar-refractivity contribution in [2.75, 3.05) is 13.1 Å². The molecule has 2 aromatic carbocycles. The van der Waals surface area contributed by atoms with Gasteiger partial charge in [0.1, 0.15) is 0 Å². The van der Waals surface area contributed by atoms with Crippen LogP contribution in [0.15, 0.2) is 61.2 Å². The Morgan fingerprint density at radius 1 is 1.17 bits per heavy atom. The molecule has 3 aromatic rings. The van der Waals surface area contributed by atoms with Gasteiger partial charge in [-0.2, -0.15) is 0 Å². The molecular weight excluding hydrogens is 366 g/mol. The number of aromatic nitrogens is 1. The second kappa shape index (κ2) is 6.44. The lowest BCUT2D eigenvalue weighted by atomic mass is 10.00. The third kappa shape index (κ3) is 2.76. The van der Waals surface area contributed by atoms with Crippen molar-refractivity contribution in [1.82, 2.24) is 14.8 Å². The number of carbonyl (C=O) groups excluding carboxylic acids is 2. The molecule has 6 nitrogen and oxygen atoms in total. The summed E-state index contributed by atoms with van der Waals surface area (Å²) in [4.78, 5) is 32.5. The van der Waals surface area contributed by atoms with E-state index in [-0.39, 0.29) is 23.7 Å². The zero-order chi connectivity index (χ0) is 20.1. The molecule has 3 heterocycles. The SMILES string of the molecule is C=CC(=O)N1CC(N2Cc3ccc(-c4nc(O)cc5ccccc45)cc3C2=O)C1. The quantitative estimate of drug-likeness (QED) is 0.704. The summed E-state index contributed by atoms with van der Waals surface area (Å²) in [5.41, 5.74) is 3.08. The Kier molecular flexibility index (Phi) is 3.87. The molecule has 1 N–H and O–H groups in total. The van der Waals surface area contributed by atoms with E-state index in [1.165, 1.54) is 6.08 Å². The molecule has 1 fully saturated rings. The van der Waals surface area contributed by atoms with Crippen LogP contribution in [0.5, 0.6) is 5.88 Å². The van der Waals surface area contributed by atoms with E-state index in [1.807, 2.05) is 47.4 Å². The minimum atomic E-state index is -0.102. The monoisotopic (exact) mass is 385 g/mol. The molecule has 0 spiro atoms. The minimum Gasteiger partial charge on any atom is -0.493 e. The van der Waals surface area contributed by atoms with Crippen molar-refractivity contribution in [3.05, 3.63) is 72.3 Å². The van der Waals surface area contributed by atoms with Crippen LogP contribution in [-0.4, -0.2) is 50.8 Å². The number of hydrogen-bond acceptors (Lipinski definition) is 4. The van der Waals surface area contributed by atoms with Gasteiger partial charge >= 0.3 is 0 Å². The second-order valence-corrected chi connectivity index (χ2v) is 7.46. The molecule has 2 amide bonds. The highest BCUT2D eigenvalue weighted by molar-refractivity contribution is 6.02. The third-order valence-electron chi connectivity index (χ3n) is 5.73. The van der Waals surface area contributed by atoms with Gasteiger partial charge in [0.05, 0.1) is 11.7 Å². The average Bonchev–Trinajstić information content (AvgIpc) is 3.01. The summed E-state index contributed by atoms with van der Waals surface area (Å²) < 4.78 is 0. The zero-order valence-electron chi connectivity index (χ0n) is 15.7. The van der Waals surface area contributed by atoms with Gasteiger partial charge < -0.3 is 14.9 Å². The molecule has 2 aliphatic heterocycles. The first-order valence-corrected chi connectivity index (χ1v) is 9.49. The number of pyridine rings is 1. The van der Waals surface area contributed by atoms with Crippen molar-refractivity contribution in [1.29, 1.82) is 0 Å². The van der Waals surface area contributed by atoms with Gasteiger partial charge in [0.15, 0.2) is 0 Å². The van der Waals surface area contributed by atoms with Crippen LogP contribution in [0, 0.1) is 0 Å². The molecule has 0 aliphatic carbocycles. The fraction of sp³-hybridized carbons (Fsp3) is 0.174. The van der Waals surface area contributed by atoms with E-state index in [0.29, 0.717) is 30.9 Å². The van der Waals surface area contributed by atoms with Crippen LogP contribution in [0.1, 0.15) is 15.9 Å². The highest BCUT2D eigenvalue weighted by Crippen LogP contribution is 2.34. The van der Waals surface area contributed by atoms with E-state index < -0.39 is 0 Å². The van der Waals surface area contributed by atoms with Gasteiger partial charge in [0, 0.05) is 42.2 Å². The number of amides is 2. The summed E-state index contributed by atoms with van der Waals surface area (Å²) in [5.74, 6) is -0.176. The lowest BCUT2D eigenvalue weighted by Gasteiger charge is -2.43. The molecule has 2 aliphatic rings. The number of likely N-dealkylation sites (tertiary alicyclic amines) is 1. The largest absolute Gasteiger partial charge is 0.493 e. The van der Waals surface area contributed by atoms with E-state index in [9.17, 15) is 14.7 Å². The van der Waals surface area contributed by atoms with E-state index in [0.717, 1.165) is 21.9 Å². The van der Waals surface area contributed by atoms with Crippen molar-refractivity contribution < 1.29 is 14.7 Å². The molecule has 29 heavy (non-hydrogen) atoms. The van der Waals surface area contributed by atoms with Gasteiger partial charge in [-0.15, -0.1) is 0 Å². The Hall–Kier alpha value is -3.67. The lowest BCUT2D eigenvalue weighted by molar-refractivity contribution is -0.132. The van der Waals surface area contributed by atoms with Crippen LogP contribution < -0.4 is 0 Å². The Morgan fingerprint density at radius 3 is 2.76 bits per heavy atom. The summed E-state index contributed by atoms with van der Waals surface area (Å²) in [6.07, 6.45) is 1.30. The topological polar surface area (TPSA) is 73.7 Å². The normalized spacial score (nSPS) is 16.1. The molecule has 6 heteroatoms. The van der Waals surface area contributed by atoms with Crippen LogP contribution in [0.2, 0.25) is 0 Å². The predicted molar refractivity (Wildman–Crippen MR) is 109 cm³/mol. The second-order valence-electron chi connectivity index (χ2n) is 7.46. The van der Waals surface area contributed by atoms with Gasteiger partial charge in [-0.1, -0.05) is 43.0 Å². The molecule has 0 bridgehead atoms. The summed E-state index contributed by atoms with van der Waals surface area (Å²) >= 11 is 0. The molecule has 0 unspecified atom stereocenters. The fourth-order valence-electron chi connectivity index (χ4n) is 4.13. The number of benzene rings is 2. The molecule has 1 saturated heterocycles. The average molecular weight is 385 g/mol. The van der Waals surface area contributed by atoms with Crippen LogP contribution in [-0.2, 0) is 11.3 Å². The predicted octanol–water partition coefficient (Wildman–Crippen LogP) is 2.96. The maximum atomic E-state index is 13.0. The number of aromatic hydroxyl groups is 1. The van der Waals surface area contributed by atoms with Gasteiger partial charge in [-0.05, 0) is 23.1 Å². The Bertz CT molecular complexity index is 1180. The lowest BCUT2D eigenvalue weighted by Crippen LogP contribution is -2.60. The van der Waals surface area contributed by atoms with Gasteiger partial charge in [0.25, 0.3) is 5.91 Å². The first-order chi connectivity index (χ1) is 14.0. The maximum absolute atomic E-state index is 13.0. The van der Waals surface area contributed by atoms with Gasteiger partial charge in [0.2, 0.25) is 11.8 Å². The highest BCUT2D eigenvalue weighted by atomic mass is 16.3. The molecule has 0 atom stereocenters. The van der Waals surface area contributed by atoms with Crippen LogP contribution >= 0.6 is 0 Å². The number of hydrogen-bond donors (Lipinski definition) is 1. The van der Waals surface area contributed by atoms with Crippen molar-refractivity contribution in [3.8, 4) is 17.1 Å². The fourth-order valence-corrected chi connectivity index (χ4v) is 4.13. The van der Waals surface area contributed by atoms with Crippen molar-refractivity contribution in [2.45, 2.75) is 12.6 Å². The van der Waals surface area contributed by atoms with E-state index >= 15 is 0 Å². The number of carbonyl (C=O) groups is 2. The summed E-state index contributed by atoms with van der Waals surface area (Å²) in [6, 6.07) is 15.1. The highest BCUT2D eigenvalue weighted by Gasteiger charge is 2.40. The van der Waals surface area contributed by atoms with Gasteiger partial charge in [-0.25, -0.2) is 4.98 Å². The number of rotatable bonds is 3. The minimum absolute atomic E-state index is 0.0259. The molecule has 144 valence electrons. The molecule has 5 rings (SSSR count). The van der Waals surface area contributed by atoms with Crippen LogP contribution in [0.4, 0.5) is 0 Å². The first-order valence-electron chi connectivity index (χ1n) is 9.49. The number of fused-ring (bicyclic) bond motifs is 2. The standard InChI is InChI=1S/C23H19N3O3/c1-2-21(28)25-12-17(13-25)26-11-16-8-7-15(9-19(16)23(26)29)22-18-6-4-3-5-14(18)10-20(27)24-22/h2-10,17H,1,11-13H2,(H,24,27). The summed E-state index contributed by atoms with van der Waals surface area (Å²) in [6.45, 7) is 5.13. The van der Waals surface area contributed by atoms with E-state index in [1.54, 1.807) is 11.0 Å². The Labute approximate surface area is 167 Å². The van der Waals surface area contributed by atoms with Crippen molar-refractivity contribution >= 4 is 22.6 Å². The van der Waals surface area contributed by atoms with Crippen LogP contribution in [0.3, 0.4) is 0 Å². The smallest absolute Gasteiger partial charge is 0.254 e. The van der Waals surface area contributed by atoms with E-state index in [4.69, 9.17) is 0 Å². The summed E-state index contributed by atoms with van der Waals surface area (Å²) in [5, 5.41) is 11.9. The Morgan fingerprint density at radius 2 is 1.97 bits per heavy atom. The molecule has 1 aromatic heterocycles. The maximum Gasteiger partial charge on any atom is 0.254 e. The summed E-state index contributed by atoms with van der Waals surface area (Å²) in [7, 11) is 0. The van der Waals surface area contributed by atoms with E-state index in [2.05, 4.69) is 11.6 Å². The number of nitrogens with zero attached hydrogens (tertiary/aromatic N) is 3. The third-order valence-corrected chi connectivity index (χ3v) is 5.73. The van der Waals surface area contributed by atoms with Crippen molar-refractivity contribution in [3.63, 3.8) is 0 Å². The van der Waals surface area contributed by atoms with Crippen molar-refractivity contribution in [2.24, 2.45) is 0 Å².